The fourth-order valence-corrected chi connectivity index (χ4v) is 5.50. The van der Waals surface area contributed by atoms with Crippen molar-refractivity contribution in [3.05, 3.63) is 70.8 Å². The van der Waals surface area contributed by atoms with Gasteiger partial charge in [0, 0.05) is 28.9 Å². The van der Waals surface area contributed by atoms with Gasteiger partial charge in [0.2, 0.25) is 5.91 Å². The molecule has 2 amide bonds. The first kappa shape index (κ1) is 25.0. The maximum atomic E-state index is 15.0. The first-order chi connectivity index (χ1) is 16.7. The van der Waals surface area contributed by atoms with Crippen molar-refractivity contribution in [1.82, 2.24) is 10.6 Å². The summed E-state index contributed by atoms with van der Waals surface area (Å²) in [7, 11) is 0. The van der Waals surface area contributed by atoms with E-state index in [-0.39, 0.29) is 35.6 Å². The van der Waals surface area contributed by atoms with E-state index in [2.05, 4.69) is 10.6 Å². The first-order valence-corrected chi connectivity index (χ1v) is 12.1. The van der Waals surface area contributed by atoms with Crippen LogP contribution in [0.5, 0.6) is 0 Å². The molecule has 0 aromatic heterocycles. The summed E-state index contributed by atoms with van der Waals surface area (Å²) in [5.74, 6) is -2.23. The van der Waals surface area contributed by atoms with Crippen molar-refractivity contribution in [1.29, 1.82) is 0 Å². The zero-order valence-electron chi connectivity index (χ0n) is 19.2. The van der Waals surface area contributed by atoms with E-state index in [0.717, 1.165) is 17.7 Å². The first-order valence-electron chi connectivity index (χ1n) is 11.2. The molecule has 2 aromatic carbocycles. The van der Waals surface area contributed by atoms with Gasteiger partial charge in [0.15, 0.2) is 5.17 Å². The third kappa shape index (κ3) is 5.28. The van der Waals surface area contributed by atoms with Crippen LogP contribution in [0, 0.1) is 24.5 Å². The van der Waals surface area contributed by atoms with Gasteiger partial charge in [-0.15, -0.1) is 0 Å². The Hall–Kier alpha value is -3.11. The number of fused-ring (bicyclic) bond motifs is 1. The van der Waals surface area contributed by atoms with Crippen LogP contribution >= 0.6 is 11.8 Å². The molecule has 184 valence electrons. The van der Waals surface area contributed by atoms with Gasteiger partial charge in [0.1, 0.15) is 29.6 Å². The van der Waals surface area contributed by atoms with E-state index in [1.807, 2.05) is 13.0 Å². The van der Waals surface area contributed by atoms with Crippen molar-refractivity contribution < 1.29 is 27.9 Å². The van der Waals surface area contributed by atoms with Crippen LogP contribution in [0.15, 0.2) is 47.5 Å². The van der Waals surface area contributed by atoms with Gasteiger partial charge in [0.25, 0.3) is 5.91 Å². The number of ether oxygens (including phenoxy) is 1. The normalized spacial score (nSPS) is 24.5. The summed E-state index contributed by atoms with van der Waals surface area (Å²) in [6.07, 6.45) is -0.0227. The van der Waals surface area contributed by atoms with Gasteiger partial charge >= 0.3 is 0 Å². The highest BCUT2D eigenvalue weighted by atomic mass is 32.2. The van der Waals surface area contributed by atoms with Gasteiger partial charge in [-0.3, -0.25) is 9.59 Å². The highest BCUT2D eigenvalue weighted by Crippen LogP contribution is 2.47. The van der Waals surface area contributed by atoms with Crippen molar-refractivity contribution in [2.45, 2.75) is 38.0 Å². The van der Waals surface area contributed by atoms with Crippen molar-refractivity contribution in [3.8, 4) is 0 Å². The highest BCUT2D eigenvalue weighted by molar-refractivity contribution is 8.13. The van der Waals surface area contributed by atoms with Crippen LogP contribution in [0.25, 0.3) is 0 Å². The van der Waals surface area contributed by atoms with Crippen LogP contribution in [0.4, 0.5) is 8.78 Å². The van der Waals surface area contributed by atoms with Crippen LogP contribution in [-0.4, -0.2) is 47.8 Å². The van der Waals surface area contributed by atoms with E-state index >= 15 is 0 Å². The maximum Gasteiger partial charge on any atom is 0.257 e. The number of carbonyl (C=O) groups excluding carboxylic acids is 3. The molecular weight excluding hydrogens is 476 g/mol. The van der Waals surface area contributed by atoms with E-state index in [9.17, 15) is 23.2 Å². The number of thioether (sulfide) groups is 1. The number of hydrogen-bond donors (Lipinski definition) is 2. The monoisotopic (exact) mass is 501 g/mol. The van der Waals surface area contributed by atoms with Crippen molar-refractivity contribution in [2.24, 2.45) is 10.9 Å². The van der Waals surface area contributed by atoms with Crippen LogP contribution in [0.3, 0.4) is 0 Å². The maximum absolute atomic E-state index is 15.0. The lowest BCUT2D eigenvalue weighted by Crippen LogP contribution is -2.54. The molecule has 1 fully saturated rings. The molecule has 7 nitrogen and oxygen atoms in total. The second-order valence-electron chi connectivity index (χ2n) is 8.77. The molecule has 4 unspecified atom stereocenters. The fraction of sp³-hybridized carbons (Fsp3) is 0.360. The van der Waals surface area contributed by atoms with Gasteiger partial charge in [-0.25, -0.2) is 13.8 Å². The number of halogens is 2. The molecule has 0 saturated carbocycles. The fourth-order valence-electron chi connectivity index (χ4n) is 4.34. The molecule has 0 radical (unpaired) electrons. The summed E-state index contributed by atoms with van der Waals surface area (Å²) in [6, 6.07) is 9.67. The summed E-state index contributed by atoms with van der Waals surface area (Å²) in [4.78, 5) is 41.0. The number of benzene rings is 2. The summed E-state index contributed by atoms with van der Waals surface area (Å²) >= 11 is 1.29. The number of rotatable bonds is 5. The van der Waals surface area contributed by atoms with Crippen LogP contribution in [-0.2, 0) is 19.9 Å². The number of aldehydes is 1. The number of carbonyl (C=O) groups is 3. The van der Waals surface area contributed by atoms with Gasteiger partial charge in [-0.1, -0.05) is 35.5 Å². The second kappa shape index (κ2) is 10.2. The predicted molar refractivity (Wildman–Crippen MR) is 128 cm³/mol. The number of nitrogens with one attached hydrogen (secondary N) is 2. The third-order valence-corrected chi connectivity index (χ3v) is 7.20. The minimum atomic E-state index is -1.26. The Labute approximate surface area is 205 Å². The van der Waals surface area contributed by atoms with E-state index < -0.39 is 35.2 Å². The molecule has 4 rings (SSSR count). The zero-order chi connectivity index (χ0) is 25.2. The molecule has 2 heterocycles. The Morgan fingerprint density at radius 1 is 1.26 bits per heavy atom. The lowest BCUT2D eigenvalue weighted by atomic mass is 9.75. The van der Waals surface area contributed by atoms with Gasteiger partial charge in [0.05, 0.1) is 12.6 Å². The average Bonchev–Trinajstić information content (AvgIpc) is 2.83. The number of amidine groups is 1. The smallest absolute Gasteiger partial charge is 0.257 e. The number of nitrogens with zero attached hydrogens (tertiary/aromatic N) is 1. The third-order valence-electron chi connectivity index (χ3n) is 6.17. The van der Waals surface area contributed by atoms with Crippen LogP contribution in [0.1, 0.15) is 34.8 Å². The number of aliphatic imine (C=N–C) groups is 1. The van der Waals surface area contributed by atoms with Crippen LogP contribution in [0.2, 0.25) is 0 Å². The van der Waals surface area contributed by atoms with Crippen molar-refractivity contribution in [3.63, 3.8) is 0 Å². The number of hydrogen-bond acceptors (Lipinski definition) is 6. The molecule has 2 aliphatic rings. The summed E-state index contributed by atoms with van der Waals surface area (Å²) in [6.45, 7) is 3.27. The van der Waals surface area contributed by atoms with Gasteiger partial charge in [-0.2, -0.15) is 0 Å². The van der Waals surface area contributed by atoms with E-state index in [0.29, 0.717) is 17.6 Å². The van der Waals surface area contributed by atoms with Gasteiger partial charge in [-0.05, 0) is 38.5 Å². The Balaban J connectivity index is 1.65. The molecule has 0 spiro atoms. The standard InChI is InChI=1S/C25H25F2N3O4S/c1-14-4-3-5-16(8-14)22(32)29-24-30-25(19-7-6-18(26)10-20(19)27)13-34-21(9-17(25)12-35-24)23(33)28-15(2)11-31/h3-8,10-11,15,17,21H,9,12-13H2,1-2H3,(H,28,33)(H,29,30,32). The number of amides is 2. The minimum absolute atomic E-state index is 0.131. The minimum Gasteiger partial charge on any atom is -0.365 e. The molecule has 2 N–H and O–H groups in total. The molecule has 2 aromatic rings. The largest absolute Gasteiger partial charge is 0.365 e. The Morgan fingerprint density at radius 2 is 2.06 bits per heavy atom. The lowest BCUT2D eigenvalue weighted by Gasteiger charge is -2.46. The molecule has 2 aliphatic heterocycles. The molecule has 1 saturated heterocycles. The van der Waals surface area contributed by atoms with Crippen molar-refractivity contribution in [2.75, 3.05) is 12.4 Å². The second-order valence-corrected chi connectivity index (χ2v) is 9.77. The Kier molecular flexibility index (Phi) is 7.32. The van der Waals surface area contributed by atoms with Gasteiger partial charge < -0.3 is 20.2 Å². The molecular formula is C25H25F2N3O4S. The zero-order valence-corrected chi connectivity index (χ0v) is 20.0. The molecule has 0 bridgehead atoms. The topological polar surface area (TPSA) is 96.9 Å². The van der Waals surface area contributed by atoms with E-state index in [4.69, 9.17) is 9.73 Å². The molecule has 0 aliphatic carbocycles. The molecule has 4 atom stereocenters. The Morgan fingerprint density at radius 3 is 2.77 bits per heavy atom. The quantitative estimate of drug-likeness (QED) is 0.614. The number of aryl methyl sites for hydroxylation is 1. The average molecular weight is 502 g/mol. The van der Waals surface area contributed by atoms with Crippen LogP contribution < -0.4 is 10.6 Å². The summed E-state index contributed by atoms with van der Waals surface area (Å²) in [5, 5.41) is 5.65. The highest BCUT2D eigenvalue weighted by Gasteiger charge is 2.51. The summed E-state index contributed by atoms with van der Waals surface area (Å²) < 4.78 is 34.5. The van der Waals surface area contributed by atoms with Crippen molar-refractivity contribution >= 4 is 35.0 Å². The molecule has 35 heavy (non-hydrogen) atoms. The van der Waals surface area contributed by atoms with E-state index in [1.54, 1.807) is 25.1 Å². The van der Waals surface area contributed by atoms with E-state index in [1.165, 1.54) is 17.8 Å². The lowest BCUT2D eigenvalue weighted by molar-refractivity contribution is -0.143. The summed E-state index contributed by atoms with van der Waals surface area (Å²) in [5.41, 5.74) is 0.255. The predicted octanol–water partition coefficient (Wildman–Crippen LogP) is 3.11. The molecule has 10 heteroatoms. The SMILES string of the molecule is Cc1cccc(C(=O)NC2=NC3(c4ccc(F)cc4F)COC(C(=O)NC(C)C=O)CC3CS2)c1. The Bertz CT molecular complexity index is 1190.